The molecule has 5 aromatic rings. The normalized spacial score (nSPS) is 11.2. The molecule has 0 aliphatic rings. The number of aromatic amines is 1. The van der Waals surface area contributed by atoms with Gasteiger partial charge in [-0.2, -0.15) is 4.98 Å². The zero-order valence-corrected chi connectivity index (χ0v) is 17.7. The minimum Gasteiger partial charge on any atom is -0.334 e. The van der Waals surface area contributed by atoms with Crippen molar-refractivity contribution in [2.45, 2.75) is 19.9 Å². The van der Waals surface area contributed by atoms with E-state index < -0.39 is 11.2 Å². The van der Waals surface area contributed by atoms with E-state index in [9.17, 15) is 14.0 Å². The Morgan fingerprint density at radius 2 is 1.64 bits per heavy atom. The molecule has 0 bridgehead atoms. The highest BCUT2D eigenvalue weighted by Crippen LogP contribution is 2.24. The van der Waals surface area contributed by atoms with Crippen molar-refractivity contribution in [1.82, 2.24) is 19.7 Å². The third-order valence-electron chi connectivity index (χ3n) is 5.53. The quantitative estimate of drug-likeness (QED) is 0.441. The summed E-state index contributed by atoms with van der Waals surface area (Å²) in [4.78, 5) is 32.7. The van der Waals surface area contributed by atoms with Crippen molar-refractivity contribution in [3.05, 3.63) is 105 Å². The van der Waals surface area contributed by atoms with Gasteiger partial charge in [0, 0.05) is 11.1 Å². The van der Waals surface area contributed by atoms with Crippen LogP contribution in [0.3, 0.4) is 0 Å². The molecule has 33 heavy (non-hydrogen) atoms. The molecular weight excluding hydrogens is 423 g/mol. The molecule has 2 aromatic heterocycles. The summed E-state index contributed by atoms with van der Waals surface area (Å²) >= 11 is 0. The van der Waals surface area contributed by atoms with Gasteiger partial charge >= 0.3 is 5.69 Å². The Labute approximate surface area is 187 Å². The van der Waals surface area contributed by atoms with Gasteiger partial charge in [0.05, 0.1) is 17.4 Å². The highest BCUT2D eigenvalue weighted by atomic mass is 19.1. The Balaban J connectivity index is 1.49. The van der Waals surface area contributed by atoms with Gasteiger partial charge in [-0.3, -0.25) is 9.36 Å². The zero-order chi connectivity index (χ0) is 22.9. The number of hydrogen-bond acceptors (Lipinski definition) is 5. The molecule has 164 valence electrons. The maximum Gasteiger partial charge on any atom is 0.329 e. The molecule has 1 N–H and O–H groups in total. The molecule has 7 nitrogen and oxygen atoms in total. The van der Waals surface area contributed by atoms with Crippen molar-refractivity contribution in [1.29, 1.82) is 0 Å². The van der Waals surface area contributed by atoms with E-state index in [4.69, 9.17) is 4.52 Å². The van der Waals surface area contributed by atoms with Crippen molar-refractivity contribution in [2.75, 3.05) is 0 Å². The van der Waals surface area contributed by atoms with Gasteiger partial charge in [0.15, 0.2) is 0 Å². The van der Waals surface area contributed by atoms with E-state index in [1.807, 2.05) is 24.3 Å². The lowest BCUT2D eigenvalue weighted by molar-refractivity contribution is 0.432. The summed E-state index contributed by atoms with van der Waals surface area (Å²) in [6, 6.07) is 18.5. The van der Waals surface area contributed by atoms with Crippen molar-refractivity contribution in [3.63, 3.8) is 0 Å². The molecule has 3 aromatic carbocycles. The maximum absolute atomic E-state index is 13.1. The smallest absolute Gasteiger partial charge is 0.329 e. The van der Waals surface area contributed by atoms with Crippen LogP contribution in [0.2, 0.25) is 0 Å². The van der Waals surface area contributed by atoms with Crippen molar-refractivity contribution in [3.8, 4) is 22.8 Å². The molecule has 0 amide bonds. The number of fused-ring (bicyclic) bond motifs is 1. The molecule has 0 saturated heterocycles. The predicted molar refractivity (Wildman–Crippen MR) is 122 cm³/mol. The summed E-state index contributed by atoms with van der Waals surface area (Å²) in [7, 11) is 0. The first-order chi connectivity index (χ1) is 16.0. The van der Waals surface area contributed by atoms with Crippen molar-refractivity contribution >= 4 is 10.9 Å². The minimum atomic E-state index is -0.559. The molecule has 0 spiro atoms. The fraction of sp³-hybridized carbons (Fsp3) is 0.120. The largest absolute Gasteiger partial charge is 0.334 e. The van der Waals surface area contributed by atoms with Crippen LogP contribution in [0.4, 0.5) is 4.39 Å². The van der Waals surface area contributed by atoms with E-state index in [-0.39, 0.29) is 18.3 Å². The van der Waals surface area contributed by atoms with E-state index in [1.165, 1.54) is 29.8 Å². The predicted octanol–water partition coefficient (Wildman–Crippen LogP) is 4.16. The zero-order valence-electron chi connectivity index (χ0n) is 17.7. The van der Waals surface area contributed by atoms with Gasteiger partial charge in [0.25, 0.3) is 11.4 Å². The van der Waals surface area contributed by atoms with Gasteiger partial charge in [-0.05, 0) is 47.9 Å². The Morgan fingerprint density at radius 1 is 0.939 bits per heavy atom. The lowest BCUT2D eigenvalue weighted by Crippen LogP contribution is -2.35. The number of nitrogens with zero attached hydrogens (tertiary/aromatic N) is 3. The SMILES string of the molecule is CCc1ccc(-c2noc(-c3ccc4c(=O)n(Cc5ccc(F)cc5)c(=O)[nH]c4c3)n2)cc1. The molecule has 8 heteroatoms. The monoisotopic (exact) mass is 442 g/mol. The summed E-state index contributed by atoms with van der Waals surface area (Å²) in [5, 5.41) is 4.39. The fourth-order valence-corrected chi connectivity index (χ4v) is 3.65. The molecule has 0 radical (unpaired) electrons. The first-order valence-electron chi connectivity index (χ1n) is 10.5. The molecule has 0 atom stereocenters. The number of aryl methyl sites for hydroxylation is 1. The van der Waals surface area contributed by atoms with Crippen LogP contribution in [0.1, 0.15) is 18.1 Å². The number of hydrogen-bond donors (Lipinski definition) is 1. The van der Waals surface area contributed by atoms with E-state index >= 15 is 0 Å². The van der Waals surface area contributed by atoms with Crippen LogP contribution in [-0.2, 0) is 13.0 Å². The van der Waals surface area contributed by atoms with E-state index in [2.05, 4.69) is 22.0 Å². The third-order valence-corrected chi connectivity index (χ3v) is 5.53. The number of aromatic nitrogens is 4. The van der Waals surface area contributed by atoms with Gasteiger partial charge < -0.3 is 9.51 Å². The molecule has 0 aliphatic carbocycles. The molecule has 0 saturated carbocycles. The first-order valence-corrected chi connectivity index (χ1v) is 10.5. The second-order valence-electron chi connectivity index (χ2n) is 7.68. The van der Waals surface area contributed by atoms with Crippen LogP contribution < -0.4 is 11.2 Å². The standard InChI is InChI=1S/C25H19FN4O3/c1-2-15-3-7-17(8-4-15)22-28-23(33-29-22)18-9-12-20-21(13-18)27-25(32)30(24(20)31)14-16-5-10-19(26)11-6-16/h3-13H,2,14H2,1H3,(H,27,32). The number of H-pyrrole nitrogens is 1. The summed E-state index contributed by atoms with van der Waals surface area (Å²) < 4.78 is 19.6. The highest BCUT2D eigenvalue weighted by molar-refractivity contribution is 5.82. The summed E-state index contributed by atoms with van der Waals surface area (Å²) in [5.41, 5.74) is 2.64. The summed E-state index contributed by atoms with van der Waals surface area (Å²) in [6.45, 7) is 2.12. The average Bonchev–Trinajstić information content (AvgIpc) is 3.33. The van der Waals surface area contributed by atoms with Crippen molar-refractivity contribution < 1.29 is 8.91 Å². The molecule has 0 aliphatic heterocycles. The molecule has 0 fully saturated rings. The van der Waals surface area contributed by atoms with Gasteiger partial charge in [-0.15, -0.1) is 0 Å². The van der Waals surface area contributed by atoms with Crippen LogP contribution >= 0.6 is 0 Å². The van der Waals surface area contributed by atoms with Gasteiger partial charge in [0.1, 0.15) is 5.82 Å². The number of halogens is 1. The van der Waals surface area contributed by atoms with E-state index in [0.29, 0.717) is 27.9 Å². The second-order valence-corrected chi connectivity index (χ2v) is 7.68. The number of rotatable bonds is 5. The summed E-state index contributed by atoms with van der Waals surface area (Å²) in [6.07, 6.45) is 0.943. The first kappa shape index (κ1) is 20.6. The topological polar surface area (TPSA) is 93.8 Å². The fourth-order valence-electron chi connectivity index (χ4n) is 3.65. The van der Waals surface area contributed by atoms with E-state index in [1.54, 1.807) is 18.2 Å². The van der Waals surface area contributed by atoms with E-state index in [0.717, 1.165) is 16.6 Å². The molecule has 2 heterocycles. The number of benzene rings is 3. The molecular formula is C25H19FN4O3. The maximum atomic E-state index is 13.1. The number of nitrogens with one attached hydrogen (secondary N) is 1. The highest BCUT2D eigenvalue weighted by Gasteiger charge is 2.14. The summed E-state index contributed by atoms with van der Waals surface area (Å²) in [5.74, 6) is 0.354. The Morgan fingerprint density at radius 3 is 2.36 bits per heavy atom. The van der Waals surface area contributed by atoms with Crippen LogP contribution in [0.15, 0.2) is 80.8 Å². The Bertz CT molecular complexity index is 1570. The Hall–Kier alpha value is -4.33. The Kier molecular flexibility index (Phi) is 5.18. The second kappa shape index (κ2) is 8.31. The van der Waals surface area contributed by atoms with Gasteiger partial charge in [-0.1, -0.05) is 48.5 Å². The van der Waals surface area contributed by atoms with Gasteiger partial charge in [-0.25, -0.2) is 9.18 Å². The van der Waals surface area contributed by atoms with Crippen LogP contribution in [0.5, 0.6) is 0 Å². The third kappa shape index (κ3) is 3.98. The average molecular weight is 442 g/mol. The molecule has 0 unspecified atom stereocenters. The van der Waals surface area contributed by atoms with Crippen LogP contribution in [0.25, 0.3) is 33.7 Å². The van der Waals surface area contributed by atoms with Gasteiger partial charge in [0.2, 0.25) is 5.82 Å². The van der Waals surface area contributed by atoms with Crippen LogP contribution in [0, 0.1) is 5.82 Å². The lowest BCUT2D eigenvalue weighted by Gasteiger charge is -2.07. The minimum absolute atomic E-state index is 0.0377. The molecule has 5 rings (SSSR count). The lowest BCUT2D eigenvalue weighted by atomic mass is 10.1. The van der Waals surface area contributed by atoms with Crippen LogP contribution in [-0.4, -0.2) is 19.7 Å². The van der Waals surface area contributed by atoms with Crippen molar-refractivity contribution in [2.24, 2.45) is 0 Å².